The molecule has 0 aromatic carbocycles. The molecule has 24 heavy (non-hydrogen) atoms. The van der Waals surface area contributed by atoms with Gasteiger partial charge >= 0.3 is 0 Å². The summed E-state index contributed by atoms with van der Waals surface area (Å²) in [6.45, 7) is 3.23. The number of imide groups is 1. The van der Waals surface area contributed by atoms with Crippen LogP contribution in [-0.2, 0) is 14.4 Å². The van der Waals surface area contributed by atoms with Gasteiger partial charge in [0.25, 0.3) is 0 Å². The number of rotatable bonds is 12. The maximum atomic E-state index is 11.7. The predicted octanol–water partition coefficient (Wildman–Crippen LogP) is 1.55. The zero-order valence-electron chi connectivity index (χ0n) is 14.9. The zero-order chi connectivity index (χ0) is 17.9. The van der Waals surface area contributed by atoms with Gasteiger partial charge in [-0.2, -0.15) is 5.06 Å². The number of likely N-dealkylation sites (N-methyl/N-ethyl adjacent to an activating group) is 1. The number of likely N-dealkylation sites (tertiary alicyclic amines) is 1. The van der Waals surface area contributed by atoms with Crippen LogP contribution in [0.2, 0.25) is 0 Å². The third kappa shape index (κ3) is 7.88. The van der Waals surface area contributed by atoms with Crippen LogP contribution in [-0.4, -0.2) is 59.6 Å². The molecule has 0 aromatic heterocycles. The third-order valence-electron chi connectivity index (χ3n) is 4.26. The second-order valence-electron chi connectivity index (χ2n) is 6.59. The summed E-state index contributed by atoms with van der Waals surface area (Å²) in [6.07, 6.45) is 6.72. The SMILES string of the molecule is CC1CC(=O)N(CCCCCCCCC(=O)NCCN(C)O)C1=O. The summed E-state index contributed by atoms with van der Waals surface area (Å²) < 4.78 is 0. The van der Waals surface area contributed by atoms with E-state index in [0.29, 0.717) is 32.5 Å². The van der Waals surface area contributed by atoms with Crippen molar-refractivity contribution in [2.45, 2.75) is 58.3 Å². The van der Waals surface area contributed by atoms with Crippen LogP contribution >= 0.6 is 0 Å². The van der Waals surface area contributed by atoms with E-state index in [4.69, 9.17) is 5.21 Å². The Morgan fingerprint density at radius 3 is 2.42 bits per heavy atom. The fourth-order valence-electron chi connectivity index (χ4n) is 2.79. The molecule has 1 heterocycles. The molecule has 0 radical (unpaired) electrons. The average Bonchev–Trinajstić information content (AvgIpc) is 2.75. The van der Waals surface area contributed by atoms with Crippen LogP contribution < -0.4 is 5.32 Å². The molecule has 1 atom stereocenters. The average molecular weight is 341 g/mol. The summed E-state index contributed by atoms with van der Waals surface area (Å²) in [5.41, 5.74) is 0. The molecular formula is C17H31N3O4. The summed E-state index contributed by atoms with van der Waals surface area (Å²) in [7, 11) is 1.54. The fourth-order valence-corrected chi connectivity index (χ4v) is 2.79. The lowest BCUT2D eigenvalue weighted by atomic mass is 10.1. The quantitative estimate of drug-likeness (QED) is 0.319. The molecule has 0 aromatic rings. The van der Waals surface area contributed by atoms with E-state index in [1.165, 1.54) is 4.90 Å². The molecule has 1 fully saturated rings. The molecule has 1 rings (SSSR count). The highest BCUT2D eigenvalue weighted by molar-refractivity contribution is 6.03. The van der Waals surface area contributed by atoms with Gasteiger partial charge in [-0.15, -0.1) is 0 Å². The standard InChI is InChI=1S/C17H31N3O4/c1-14-13-16(22)20(17(14)23)11-8-6-4-3-5-7-9-15(21)18-10-12-19(2)24/h14,24H,3-13H2,1-2H3,(H,18,21). The summed E-state index contributed by atoms with van der Waals surface area (Å²) in [6, 6.07) is 0. The highest BCUT2D eigenvalue weighted by atomic mass is 16.5. The fraction of sp³-hybridized carbons (Fsp3) is 0.824. The number of hydrogen-bond acceptors (Lipinski definition) is 5. The van der Waals surface area contributed by atoms with Crippen molar-refractivity contribution < 1.29 is 19.6 Å². The number of hydroxylamine groups is 2. The van der Waals surface area contributed by atoms with Crippen molar-refractivity contribution in [2.24, 2.45) is 5.92 Å². The van der Waals surface area contributed by atoms with Gasteiger partial charge in [-0.05, 0) is 12.8 Å². The molecule has 1 saturated heterocycles. The van der Waals surface area contributed by atoms with Crippen LogP contribution in [0.1, 0.15) is 58.3 Å². The Morgan fingerprint density at radius 2 is 1.83 bits per heavy atom. The Bertz CT molecular complexity index is 426. The van der Waals surface area contributed by atoms with E-state index in [2.05, 4.69) is 5.32 Å². The minimum atomic E-state index is -0.151. The van der Waals surface area contributed by atoms with Gasteiger partial charge in [-0.25, -0.2) is 0 Å². The third-order valence-corrected chi connectivity index (χ3v) is 4.26. The maximum Gasteiger partial charge on any atom is 0.232 e. The van der Waals surface area contributed by atoms with E-state index in [1.54, 1.807) is 14.0 Å². The Balaban J connectivity index is 1.93. The molecule has 0 bridgehead atoms. The van der Waals surface area contributed by atoms with Crippen molar-refractivity contribution >= 4 is 17.7 Å². The molecular weight excluding hydrogens is 310 g/mol. The van der Waals surface area contributed by atoms with Gasteiger partial charge in [-0.3, -0.25) is 19.3 Å². The lowest BCUT2D eigenvalue weighted by molar-refractivity contribution is -0.139. The van der Waals surface area contributed by atoms with Gasteiger partial charge in [-0.1, -0.05) is 32.6 Å². The largest absolute Gasteiger partial charge is 0.355 e. The minimum Gasteiger partial charge on any atom is -0.355 e. The summed E-state index contributed by atoms with van der Waals surface area (Å²) >= 11 is 0. The number of carbonyl (C=O) groups excluding carboxylic acids is 3. The highest BCUT2D eigenvalue weighted by Gasteiger charge is 2.34. The van der Waals surface area contributed by atoms with Crippen LogP contribution in [0, 0.1) is 5.92 Å². The molecule has 2 N–H and O–H groups in total. The number of unbranched alkanes of at least 4 members (excludes halogenated alkanes) is 5. The normalized spacial score (nSPS) is 17.8. The van der Waals surface area contributed by atoms with E-state index in [1.807, 2.05) is 0 Å². The van der Waals surface area contributed by atoms with Crippen molar-refractivity contribution in [1.29, 1.82) is 0 Å². The first-order chi connectivity index (χ1) is 11.4. The molecule has 7 nitrogen and oxygen atoms in total. The maximum absolute atomic E-state index is 11.7. The second kappa shape index (κ2) is 11.1. The van der Waals surface area contributed by atoms with Gasteiger partial charge in [0.15, 0.2) is 0 Å². The molecule has 0 saturated carbocycles. The van der Waals surface area contributed by atoms with Crippen LogP contribution in [0.15, 0.2) is 0 Å². The van der Waals surface area contributed by atoms with Crippen LogP contribution in [0.25, 0.3) is 0 Å². The van der Waals surface area contributed by atoms with E-state index < -0.39 is 0 Å². The minimum absolute atomic E-state index is 0.0250. The smallest absolute Gasteiger partial charge is 0.232 e. The molecule has 7 heteroatoms. The molecule has 138 valence electrons. The van der Waals surface area contributed by atoms with Crippen molar-refractivity contribution in [3.8, 4) is 0 Å². The second-order valence-corrected chi connectivity index (χ2v) is 6.59. The molecule has 1 unspecified atom stereocenters. The van der Waals surface area contributed by atoms with Gasteiger partial charge in [0.1, 0.15) is 0 Å². The number of amides is 3. The first kappa shape index (κ1) is 20.6. The molecule has 1 aliphatic heterocycles. The number of nitrogens with one attached hydrogen (secondary N) is 1. The van der Waals surface area contributed by atoms with E-state index >= 15 is 0 Å². The number of nitrogens with zero attached hydrogens (tertiary/aromatic N) is 2. The molecule has 3 amide bonds. The van der Waals surface area contributed by atoms with Crippen LogP contribution in [0.4, 0.5) is 0 Å². The highest BCUT2D eigenvalue weighted by Crippen LogP contribution is 2.19. The summed E-state index contributed by atoms with van der Waals surface area (Å²) in [5.74, 6) is -0.192. The summed E-state index contributed by atoms with van der Waals surface area (Å²) in [5, 5.41) is 12.7. The van der Waals surface area contributed by atoms with Gasteiger partial charge in [0.05, 0.1) is 0 Å². The molecule has 0 aliphatic carbocycles. The van der Waals surface area contributed by atoms with Crippen molar-refractivity contribution in [1.82, 2.24) is 15.3 Å². The first-order valence-corrected chi connectivity index (χ1v) is 8.92. The topological polar surface area (TPSA) is 90.0 Å². The zero-order valence-corrected chi connectivity index (χ0v) is 14.9. The van der Waals surface area contributed by atoms with E-state index in [-0.39, 0.29) is 23.6 Å². The predicted molar refractivity (Wildman–Crippen MR) is 90.2 cm³/mol. The van der Waals surface area contributed by atoms with Crippen LogP contribution in [0.3, 0.4) is 0 Å². The van der Waals surface area contributed by atoms with Gasteiger partial charge in [0.2, 0.25) is 17.7 Å². The van der Waals surface area contributed by atoms with Crippen LogP contribution in [0.5, 0.6) is 0 Å². The molecule has 0 spiro atoms. The lowest BCUT2D eigenvalue weighted by Gasteiger charge is -2.13. The first-order valence-electron chi connectivity index (χ1n) is 8.92. The Labute approximate surface area is 144 Å². The molecule has 1 aliphatic rings. The van der Waals surface area contributed by atoms with E-state index in [9.17, 15) is 14.4 Å². The van der Waals surface area contributed by atoms with Gasteiger partial charge in [0, 0.05) is 45.4 Å². The summed E-state index contributed by atoms with van der Waals surface area (Å²) in [4.78, 5) is 36.3. The number of hydrogen-bond donors (Lipinski definition) is 2. The number of carbonyl (C=O) groups is 3. The Morgan fingerprint density at radius 1 is 1.21 bits per heavy atom. The van der Waals surface area contributed by atoms with E-state index in [0.717, 1.165) is 43.6 Å². The van der Waals surface area contributed by atoms with Crippen molar-refractivity contribution in [3.63, 3.8) is 0 Å². The van der Waals surface area contributed by atoms with Gasteiger partial charge < -0.3 is 10.5 Å². The lowest BCUT2D eigenvalue weighted by Crippen LogP contribution is -2.31. The Hall–Kier alpha value is -1.47. The Kier molecular flexibility index (Phi) is 9.56. The monoisotopic (exact) mass is 341 g/mol. The van der Waals surface area contributed by atoms with Crippen molar-refractivity contribution in [3.05, 3.63) is 0 Å². The van der Waals surface area contributed by atoms with Crippen molar-refractivity contribution in [2.75, 3.05) is 26.7 Å².